The molecule has 1 fully saturated rings. The summed E-state index contributed by atoms with van der Waals surface area (Å²) in [7, 11) is 0. The van der Waals surface area contributed by atoms with Crippen LogP contribution in [0.25, 0.3) is 0 Å². The van der Waals surface area contributed by atoms with Gasteiger partial charge >= 0.3 is 0 Å². The minimum atomic E-state index is 0.767. The van der Waals surface area contributed by atoms with Crippen LogP contribution in [-0.2, 0) is 0 Å². The largest absolute Gasteiger partial charge is 0.300 e. The third-order valence-corrected chi connectivity index (χ3v) is 5.08. The van der Waals surface area contributed by atoms with Gasteiger partial charge in [-0.3, -0.25) is 4.90 Å². The molecule has 1 unspecified atom stereocenters. The van der Waals surface area contributed by atoms with Gasteiger partial charge in [0.1, 0.15) is 0 Å². The molecule has 1 heterocycles. The molecule has 1 nitrogen and oxygen atoms in total. The molecule has 0 spiro atoms. The highest BCUT2D eigenvalue weighted by atomic mass is 32.2. The van der Waals surface area contributed by atoms with E-state index in [4.69, 9.17) is 0 Å². The molecule has 2 aliphatic rings. The van der Waals surface area contributed by atoms with Crippen molar-refractivity contribution >= 4 is 11.8 Å². The van der Waals surface area contributed by atoms with Crippen molar-refractivity contribution in [3.63, 3.8) is 0 Å². The summed E-state index contributed by atoms with van der Waals surface area (Å²) in [5, 5.41) is 0. The van der Waals surface area contributed by atoms with Gasteiger partial charge in [-0.1, -0.05) is 25.1 Å². The summed E-state index contributed by atoms with van der Waals surface area (Å²) < 4.78 is 0. The average Bonchev–Trinajstić information content (AvgIpc) is 3.12. The number of fused-ring (bicyclic) bond motifs is 1. The molecule has 3 rings (SSSR count). The molecular weight excluding hydrogens is 226 g/mol. The van der Waals surface area contributed by atoms with Crippen molar-refractivity contribution in [3.05, 3.63) is 29.8 Å². The number of nitrogens with zero attached hydrogens (tertiary/aromatic N) is 1. The summed E-state index contributed by atoms with van der Waals surface area (Å²) in [6.45, 7) is 4.86. The van der Waals surface area contributed by atoms with Gasteiger partial charge in [0, 0.05) is 29.2 Å². The maximum atomic E-state index is 2.73. The Morgan fingerprint density at radius 2 is 2.12 bits per heavy atom. The van der Waals surface area contributed by atoms with Crippen molar-refractivity contribution in [2.24, 2.45) is 0 Å². The molecule has 2 heteroatoms. The fourth-order valence-electron chi connectivity index (χ4n) is 2.81. The first-order valence-corrected chi connectivity index (χ1v) is 7.83. The summed E-state index contributed by atoms with van der Waals surface area (Å²) in [6.07, 6.45) is 4.15. The summed E-state index contributed by atoms with van der Waals surface area (Å²) in [5.41, 5.74) is 1.60. The van der Waals surface area contributed by atoms with E-state index in [9.17, 15) is 0 Å². The van der Waals surface area contributed by atoms with Gasteiger partial charge in [0.25, 0.3) is 0 Å². The predicted octanol–water partition coefficient (Wildman–Crippen LogP) is 3.75. The van der Waals surface area contributed by atoms with Crippen molar-refractivity contribution in [1.82, 2.24) is 4.90 Å². The first-order valence-electron chi connectivity index (χ1n) is 6.84. The maximum absolute atomic E-state index is 2.73. The van der Waals surface area contributed by atoms with Crippen molar-refractivity contribution in [3.8, 4) is 0 Å². The zero-order valence-corrected chi connectivity index (χ0v) is 11.4. The number of rotatable bonds is 5. The zero-order chi connectivity index (χ0) is 11.7. The first kappa shape index (κ1) is 11.6. The summed E-state index contributed by atoms with van der Waals surface area (Å²) >= 11 is 2.04. The van der Waals surface area contributed by atoms with Crippen molar-refractivity contribution in [2.45, 2.75) is 43.0 Å². The van der Waals surface area contributed by atoms with E-state index in [2.05, 4.69) is 36.1 Å². The molecule has 92 valence electrons. The van der Waals surface area contributed by atoms with Gasteiger partial charge in [-0.25, -0.2) is 0 Å². The lowest BCUT2D eigenvalue weighted by Gasteiger charge is -2.25. The van der Waals surface area contributed by atoms with Gasteiger partial charge < -0.3 is 0 Å². The molecule has 1 aliphatic heterocycles. The van der Waals surface area contributed by atoms with Crippen LogP contribution in [0.3, 0.4) is 0 Å². The van der Waals surface area contributed by atoms with E-state index in [1.165, 1.54) is 43.0 Å². The molecule has 1 aliphatic carbocycles. The smallest absolute Gasteiger partial charge is 0.0108 e. The van der Waals surface area contributed by atoms with Crippen LogP contribution in [0.4, 0.5) is 0 Å². The minimum Gasteiger partial charge on any atom is -0.300 e. The molecule has 0 radical (unpaired) electrons. The Hall–Kier alpha value is -0.470. The highest BCUT2D eigenvalue weighted by molar-refractivity contribution is 7.99. The first-order chi connectivity index (χ1) is 8.38. The van der Waals surface area contributed by atoms with Crippen LogP contribution in [-0.4, -0.2) is 29.8 Å². The average molecular weight is 247 g/mol. The van der Waals surface area contributed by atoms with Crippen LogP contribution in [0.15, 0.2) is 29.2 Å². The fraction of sp³-hybridized carbons (Fsp3) is 0.600. The molecule has 1 aromatic carbocycles. The highest BCUT2D eigenvalue weighted by Gasteiger charge is 2.32. The number of hydrogen-bond acceptors (Lipinski definition) is 2. The van der Waals surface area contributed by atoms with Crippen molar-refractivity contribution in [2.75, 3.05) is 18.8 Å². The van der Waals surface area contributed by atoms with Gasteiger partial charge in [-0.15, -0.1) is 11.8 Å². The van der Waals surface area contributed by atoms with Gasteiger partial charge in [0.15, 0.2) is 0 Å². The lowest BCUT2D eigenvalue weighted by molar-refractivity contribution is 0.252. The van der Waals surface area contributed by atoms with Gasteiger partial charge in [0.2, 0.25) is 0 Å². The van der Waals surface area contributed by atoms with Crippen LogP contribution in [0, 0.1) is 0 Å². The van der Waals surface area contributed by atoms with E-state index in [-0.39, 0.29) is 0 Å². The summed E-state index contributed by atoms with van der Waals surface area (Å²) in [5.74, 6) is 2.05. The monoisotopic (exact) mass is 247 g/mol. The second kappa shape index (κ2) is 5.03. The molecule has 17 heavy (non-hydrogen) atoms. The van der Waals surface area contributed by atoms with Gasteiger partial charge in [-0.2, -0.15) is 0 Å². The topological polar surface area (TPSA) is 3.24 Å². The van der Waals surface area contributed by atoms with Crippen LogP contribution < -0.4 is 0 Å². The Kier molecular flexibility index (Phi) is 3.44. The lowest BCUT2D eigenvalue weighted by atomic mass is 10.0. The molecule has 0 saturated heterocycles. The SMILES string of the molecule is CCCN(CC1CSc2ccccc21)C1CC1. The molecule has 0 amide bonds. The van der Waals surface area contributed by atoms with Crippen LogP contribution >= 0.6 is 11.8 Å². The summed E-state index contributed by atoms with van der Waals surface area (Å²) in [4.78, 5) is 4.25. The molecule has 1 atom stereocenters. The Morgan fingerprint density at radius 3 is 2.88 bits per heavy atom. The van der Waals surface area contributed by atoms with Crippen LogP contribution in [0.1, 0.15) is 37.7 Å². The van der Waals surface area contributed by atoms with E-state index < -0.39 is 0 Å². The lowest BCUT2D eigenvalue weighted by Crippen LogP contribution is -2.31. The van der Waals surface area contributed by atoms with E-state index in [0.717, 1.165) is 12.0 Å². The van der Waals surface area contributed by atoms with E-state index >= 15 is 0 Å². The Labute approximate surface area is 109 Å². The van der Waals surface area contributed by atoms with Gasteiger partial charge in [-0.05, 0) is 37.4 Å². The Morgan fingerprint density at radius 1 is 1.29 bits per heavy atom. The van der Waals surface area contributed by atoms with Crippen molar-refractivity contribution in [1.29, 1.82) is 0 Å². The predicted molar refractivity (Wildman–Crippen MR) is 74.8 cm³/mol. The second-order valence-electron chi connectivity index (χ2n) is 5.27. The van der Waals surface area contributed by atoms with Crippen LogP contribution in [0.2, 0.25) is 0 Å². The molecule has 1 saturated carbocycles. The fourth-order valence-corrected chi connectivity index (χ4v) is 4.06. The normalized spacial score (nSPS) is 23.1. The van der Waals surface area contributed by atoms with E-state index in [1.807, 2.05) is 11.8 Å². The second-order valence-corrected chi connectivity index (χ2v) is 6.33. The Balaban J connectivity index is 1.69. The summed E-state index contributed by atoms with van der Waals surface area (Å²) in [6, 6.07) is 9.88. The van der Waals surface area contributed by atoms with Crippen LogP contribution in [0.5, 0.6) is 0 Å². The number of hydrogen-bond donors (Lipinski definition) is 0. The molecule has 0 aromatic heterocycles. The van der Waals surface area contributed by atoms with E-state index in [1.54, 1.807) is 5.56 Å². The molecule has 0 bridgehead atoms. The highest BCUT2D eigenvalue weighted by Crippen LogP contribution is 2.40. The molecule has 0 N–H and O–H groups in total. The van der Waals surface area contributed by atoms with Gasteiger partial charge in [0.05, 0.1) is 0 Å². The van der Waals surface area contributed by atoms with E-state index in [0.29, 0.717) is 0 Å². The third kappa shape index (κ3) is 2.53. The molecule has 1 aromatic rings. The number of thioether (sulfide) groups is 1. The van der Waals surface area contributed by atoms with Crippen molar-refractivity contribution < 1.29 is 0 Å². The third-order valence-electron chi connectivity index (χ3n) is 3.83. The molecular formula is C15H21NS. The quantitative estimate of drug-likeness (QED) is 0.779. The standard InChI is InChI=1S/C15H21NS/c1-2-9-16(13-7-8-13)10-12-11-17-15-6-4-3-5-14(12)15/h3-6,12-13H,2,7-11H2,1H3. The maximum Gasteiger partial charge on any atom is 0.0108 e. The Bertz CT molecular complexity index is 386. The minimum absolute atomic E-state index is 0.767. The number of benzene rings is 1. The zero-order valence-electron chi connectivity index (χ0n) is 10.6.